The second-order valence-corrected chi connectivity index (χ2v) is 4.53. The van der Waals surface area contributed by atoms with Crippen molar-refractivity contribution in [3.63, 3.8) is 0 Å². The summed E-state index contributed by atoms with van der Waals surface area (Å²) < 4.78 is 13.9. The lowest BCUT2D eigenvalue weighted by Gasteiger charge is -2.10. The van der Waals surface area contributed by atoms with Gasteiger partial charge in [-0.2, -0.15) is 0 Å². The molecule has 0 fully saturated rings. The van der Waals surface area contributed by atoms with Gasteiger partial charge < -0.3 is 11.1 Å². The van der Waals surface area contributed by atoms with E-state index in [0.29, 0.717) is 21.7 Å². The molecule has 0 saturated heterocycles. The molecule has 1 heterocycles. The van der Waals surface area contributed by atoms with Crippen LogP contribution in [0.25, 0.3) is 0 Å². The largest absolute Gasteiger partial charge is 0.399 e. The summed E-state index contributed by atoms with van der Waals surface area (Å²) >= 11 is 3.14. The summed E-state index contributed by atoms with van der Waals surface area (Å²) in [5.41, 5.74) is 7.84. The smallest absolute Gasteiger partial charge is 0.139 e. The number of aryl methyl sites for hydroxylation is 1. The Kier molecular flexibility index (Phi) is 3.28. The van der Waals surface area contributed by atoms with Gasteiger partial charge in [-0.25, -0.2) is 9.37 Å². The number of anilines is 3. The van der Waals surface area contributed by atoms with Gasteiger partial charge in [-0.1, -0.05) is 0 Å². The normalized spacial score (nSPS) is 10.3. The third-order valence-electron chi connectivity index (χ3n) is 2.31. The Labute approximate surface area is 107 Å². The Morgan fingerprint density at radius 3 is 2.82 bits per heavy atom. The number of aromatic nitrogens is 1. The van der Waals surface area contributed by atoms with Crippen LogP contribution in [0.3, 0.4) is 0 Å². The molecule has 5 heteroatoms. The van der Waals surface area contributed by atoms with Crippen LogP contribution in [-0.2, 0) is 0 Å². The monoisotopic (exact) mass is 295 g/mol. The SMILES string of the molecule is Cc1cc(Br)c(F)cc1Nc1cc(N)ccn1. The zero-order valence-electron chi connectivity index (χ0n) is 9.17. The predicted octanol–water partition coefficient (Wildman–Crippen LogP) is 3.62. The highest BCUT2D eigenvalue weighted by Gasteiger charge is 2.06. The molecule has 17 heavy (non-hydrogen) atoms. The summed E-state index contributed by atoms with van der Waals surface area (Å²) in [6, 6.07) is 6.52. The van der Waals surface area contributed by atoms with Crippen LogP contribution in [0.2, 0.25) is 0 Å². The van der Waals surface area contributed by atoms with E-state index in [0.717, 1.165) is 5.56 Å². The summed E-state index contributed by atoms with van der Waals surface area (Å²) in [6.07, 6.45) is 1.60. The Bertz CT molecular complexity index is 557. The number of nitrogens with two attached hydrogens (primary N) is 1. The summed E-state index contributed by atoms with van der Waals surface area (Å²) in [4.78, 5) is 4.10. The number of nitrogens with one attached hydrogen (secondary N) is 1. The van der Waals surface area contributed by atoms with Crippen molar-refractivity contribution in [2.24, 2.45) is 0 Å². The van der Waals surface area contributed by atoms with Gasteiger partial charge in [0.1, 0.15) is 11.6 Å². The molecule has 0 aliphatic carbocycles. The quantitative estimate of drug-likeness (QED) is 0.890. The van der Waals surface area contributed by atoms with Gasteiger partial charge in [-0.05, 0) is 46.6 Å². The van der Waals surface area contributed by atoms with Gasteiger partial charge >= 0.3 is 0 Å². The second kappa shape index (κ2) is 4.71. The van der Waals surface area contributed by atoms with Crippen molar-refractivity contribution in [2.45, 2.75) is 6.92 Å². The van der Waals surface area contributed by atoms with E-state index in [2.05, 4.69) is 26.2 Å². The first kappa shape index (κ1) is 11.9. The molecular formula is C12H11BrFN3. The molecule has 0 saturated carbocycles. The maximum Gasteiger partial charge on any atom is 0.139 e. The van der Waals surface area contributed by atoms with Crippen molar-refractivity contribution < 1.29 is 4.39 Å². The van der Waals surface area contributed by atoms with E-state index in [4.69, 9.17) is 5.73 Å². The highest BCUT2D eigenvalue weighted by atomic mass is 79.9. The second-order valence-electron chi connectivity index (χ2n) is 3.68. The number of nitrogen functional groups attached to an aromatic ring is 1. The molecule has 2 rings (SSSR count). The molecule has 88 valence electrons. The van der Waals surface area contributed by atoms with Crippen molar-refractivity contribution in [2.75, 3.05) is 11.1 Å². The van der Waals surface area contributed by atoms with Gasteiger partial charge in [0.15, 0.2) is 0 Å². The standard InChI is InChI=1S/C12H11BrFN3/c1-7-4-9(13)10(14)6-11(7)17-12-5-8(15)2-3-16-12/h2-6H,1H3,(H3,15,16,17). The number of pyridine rings is 1. The molecule has 0 amide bonds. The topological polar surface area (TPSA) is 50.9 Å². The number of halogens is 2. The van der Waals surface area contributed by atoms with E-state index in [1.165, 1.54) is 6.07 Å². The lowest BCUT2D eigenvalue weighted by atomic mass is 10.2. The number of nitrogens with zero attached hydrogens (tertiary/aromatic N) is 1. The van der Waals surface area contributed by atoms with Crippen LogP contribution in [-0.4, -0.2) is 4.98 Å². The highest BCUT2D eigenvalue weighted by Crippen LogP contribution is 2.26. The van der Waals surface area contributed by atoms with E-state index in [1.54, 1.807) is 24.4 Å². The number of benzene rings is 1. The first-order valence-corrected chi connectivity index (χ1v) is 5.80. The molecule has 0 atom stereocenters. The van der Waals surface area contributed by atoms with Gasteiger partial charge in [0, 0.05) is 23.6 Å². The molecule has 1 aromatic heterocycles. The van der Waals surface area contributed by atoms with Gasteiger partial charge in [-0.3, -0.25) is 0 Å². The molecular weight excluding hydrogens is 285 g/mol. The van der Waals surface area contributed by atoms with Crippen LogP contribution >= 0.6 is 15.9 Å². The Balaban J connectivity index is 2.33. The molecule has 3 N–H and O–H groups in total. The number of hydrogen-bond acceptors (Lipinski definition) is 3. The summed E-state index contributed by atoms with van der Waals surface area (Å²) in [6.45, 7) is 1.89. The fraction of sp³-hybridized carbons (Fsp3) is 0.0833. The molecule has 0 bridgehead atoms. The predicted molar refractivity (Wildman–Crippen MR) is 70.8 cm³/mol. The molecule has 3 nitrogen and oxygen atoms in total. The number of rotatable bonds is 2. The van der Waals surface area contributed by atoms with Crippen molar-refractivity contribution >= 4 is 33.1 Å². The minimum Gasteiger partial charge on any atom is -0.399 e. The minimum absolute atomic E-state index is 0.318. The van der Waals surface area contributed by atoms with Crippen LogP contribution in [0.1, 0.15) is 5.56 Å². The zero-order valence-corrected chi connectivity index (χ0v) is 10.8. The summed E-state index contributed by atoms with van der Waals surface area (Å²) in [7, 11) is 0. The molecule has 1 aromatic carbocycles. The zero-order chi connectivity index (χ0) is 12.4. The lowest BCUT2D eigenvalue weighted by Crippen LogP contribution is -1.98. The van der Waals surface area contributed by atoms with Crippen LogP contribution in [0.15, 0.2) is 34.9 Å². The molecule has 0 spiro atoms. The van der Waals surface area contributed by atoms with E-state index in [-0.39, 0.29) is 5.82 Å². The van der Waals surface area contributed by atoms with Crippen LogP contribution in [0.5, 0.6) is 0 Å². The molecule has 0 aliphatic rings. The Hall–Kier alpha value is -1.62. The number of hydrogen-bond donors (Lipinski definition) is 2. The third-order valence-corrected chi connectivity index (χ3v) is 2.92. The van der Waals surface area contributed by atoms with E-state index < -0.39 is 0 Å². The minimum atomic E-state index is -0.318. The highest BCUT2D eigenvalue weighted by molar-refractivity contribution is 9.10. The Morgan fingerprint density at radius 2 is 2.12 bits per heavy atom. The summed E-state index contributed by atoms with van der Waals surface area (Å²) in [5, 5.41) is 3.03. The third kappa shape index (κ3) is 2.74. The molecule has 0 unspecified atom stereocenters. The van der Waals surface area contributed by atoms with E-state index in [1.807, 2.05) is 6.92 Å². The molecule has 2 aromatic rings. The van der Waals surface area contributed by atoms with Gasteiger partial charge in [0.25, 0.3) is 0 Å². The van der Waals surface area contributed by atoms with Crippen LogP contribution < -0.4 is 11.1 Å². The van der Waals surface area contributed by atoms with Crippen molar-refractivity contribution in [3.05, 3.63) is 46.3 Å². The first-order valence-electron chi connectivity index (χ1n) is 5.00. The van der Waals surface area contributed by atoms with Gasteiger partial charge in [-0.15, -0.1) is 0 Å². The van der Waals surface area contributed by atoms with Crippen molar-refractivity contribution in [1.29, 1.82) is 0 Å². The average Bonchev–Trinajstić information content (AvgIpc) is 2.26. The lowest BCUT2D eigenvalue weighted by molar-refractivity contribution is 0.621. The fourth-order valence-electron chi connectivity index (χ4n) is 1.43. The van der Waals surface area contributed by atoms with Gasteiger partial charge in [0.05, 0.1) is 4.47 Å². The van der Waals surface area contributed by atoms with Crippen LogP contribution in [0.4, 0.5) is 21.6 Å². The Morgan fingerprint density at radius 1 is 1.35 bits per heavy atom. The molecule has 0 radical (unpaired) electrons. The van der Waals surface area contributed by atoms with Crippen molar-refractivity contribution in [1.82, 2.24) is 4.98 Å². The van der Waals surface area contributed by atoms with Gasteiger partial charge in [0.2, 0.25) is 0 Å². The maximum atomic E-state index is 13.4. The van der Waals surface area contributed by atoms with Crippen molar-refractivity contribution in [3.8, 4) is 0 Å². The summed E-state index contributed by atoms with van der Waals surface area (Å²) in [5.74, 6) is 0.275. The fourth-order valence-corrected chi connectivity index (χ4v) is 1.89. The molecule has 0 aliphatic heterocycles. The maximum absolute atomic E-state index is 13.4. The average molecular weight is 296 g/mol. The first-order chi connectivity index (χ1) is 8.06. The van der Waals surface area contributed by atoms with E-state index in [9.17, 15) is 4.39 Å². The van der Waals surface area contributed by atoms with E-state index >= 15 is 0 Å². The van der Waals surface area contributed by atoms with Crippen LogP contribution in [0, 0.1) is 12.7 Å².